The number of rotatable bonds is 5. The number of nitrogens with one attached hydrogen (secondary N) is 2. The lowest BCUT2D eigenvalue weighted by Crippen LogP contribution is -2.43. The molecule has 174 valence electrons. The number of hydrogen-bond acceptors (Lipinski definition) is 7. The average Bonchev–Trinajstić information content (AvgIpc) is 3.23. The summed E-state index contributed by atoms with van der Waals surface area (Å²) in [6.45, 7) is 5.27. The number of benzene rings is 2. The van der Waals surface area contributed by atoms with Gasteiger partial charge in [0.25, 0.3) is 17.4 Å². The number of aromatic nitrogens is 5. The summed E-state index contributed by atoms with van der Waals surface area (Å²) in [5.74, 6) is -0.689. The highest BCUT2D eigenvalue weighted by molar-refractivity contribution is 6.05. The normalized spacial score (nSPS) is 11.0. The maximum absolute atomic E-state index is 12.9. The first kappa shape index (κ1) is 22.6. The van der Waals surface area contributed by atoms with E-state index in [1.54, 1.807) is 76.4 Å². The zero-order valence-corrected chi connectivity index (χ0v) is 19.1. The fraction of sp³-hybridized carbons (Fsp3) is 0.217. The fourth-order valence-electron chi connectivity index (χ4n) is 3.48. The minimum Gasteiger partial charge on any atom is -0.497 e. The van der Waals surface area contributed by atoms with Gasteiger partial charge in [-0.05, 0) is 39.0 Å². The van der Waals surface area contributed by atoms with E-state index in [4.69, 9.17) is 4.74 Å². The van der Waals surface area contributed by atoms with E-state index in [1.807, 2.05) is 0 Å². The number of carbonyl (C=O) groups excluding carboxylic acids is 2. The third-order valence-corrected chi connectivity index (χ3v) is 5.23. The van der Waals surface area contributed by atoms with E-state index in [9.17, 15) is 14.4 Å². The minimum atomic E-state index is -0.670. The Labute approximate surface area is 194 Å². The molecule has 4 rings (SSSR count). The van der Waals surface area contributed by atoms with Gasteiger partial charge >= 0.3 is 0 Å². The van der Waals surface area contributed by atoms with Gasteiger partial charge in [-0.1, -0.05) is 29.5 Å². The molecule has 2 heterocycles. The first-order valence-electron chi connectivity index (χ1n) is 10.5. The van der Waals surface area contributed by atoms with Gasteiger partial charge in [0.2, 0.25) is 0 Å². The summed E-state index contributed by atoms with van der Waals surface area (Å²) in [6, 6.07) is 13.6. The molecular weight excluding hydrogens is 438 g/mol. The first-order valence-corrected chi connectivity index (χ1v) is 10.5. The summed E-state index contributed by atoms with van der Waals surface area (Å²) in [7, 11) is 1.56. The molecule has 2 aromatic heterocycles. The molecule has 11 nitrogen and oxygen atoms in total. The van der Waals surface area contributed by atoms with Gasteiger partial charge in [-0.2, -0.15) is 5.10 Å². The van der Waals surface area contributed by atoms with Crippen molar-refractivity contribution in [2.45, 2.75) is 26.8 Å². The first-order chi connectivity index (χ1) is 16.3. The van der Waals surface area contributed by atoms with Crippen molar-refractivity contribution in [2.24, 2.45) is 0 Å². The highest BCUT2D eigenvalue weighted by atomic mass is 16.5. The Morgan fingerprint density at radius 2 is 1.65 bits per heavy atom. The van der Waals surface area contributed by atoms with Crippen molar-refractivity contribution >= 4 is 22.6 Å². The number of carbonyl (C=O) groups is 2. The van der Waals surface area contributed by atoms with Gasteiger partial charge in [0.15, 0.2) is 11.4 Å². The quantitative estimate of drug-likeness (QED) is 0.434. The van der Waals surface area contributed by atoms with Gasteiger partial charge < -0.3 is 4.74 Å². The summed E-state index contributed by atoms with van der Waals surface area (Å²) >= 11 is 0. The molecule has 2 amide bonds. The van der Waals surface area contributed by atoms with Crippen LogP contribution < -0.4 is 21.1 Å². The molecule has 0 fully saturated rings. The summed E-state index contributed by atoms with van der Waals surface area (Å²) < 4.78 is 7.95. The van der Waals surface area contributed by atoms with Crippen LogP contribution in [0, 0.1) is 6.92 Å². The molecule has 0 saturated heterocycles. The monoisotopic (exact) mass is 461 g/mol. The molecule has 0 radical (unpaired) electrons. The van der Waals surface area contributed by atoms with Crippen molar-refractivity contribution < 1.29 is 14.3 Å². The number of ether oxygens (including phenoxy) is 1. The van der Waals surface area contributed by atoms with Crippen LogP contribution in [0.15, 0.2) is 53.3 Å². The van der Waals surface area contributed by atoms with Crippen LogP contribution in [0.25, 0.3) is 16.5 Å². The average molecular weight is 461 g/mol. The number of hydrazine groups is 1. The van der Waals surface area contributed by atoms with E-state index in [0.717, 1.165) is 0 Å². The molecule has 4 aromatic rings. The van der Waals surface area contributed by atoms with Crippen LogP contribution in [0.5, 0.6) is 5.75 Å². The smallest absolute Gasteiger partial charge is 0.292 e. The van der Waals surface area contributed by atoms with Gasteiger partial charge in [0.1, 0.15) is 5.75 Å². The fourth-order valence-corrected chi connectivity index (χ4v) is 3.48. The maximum Gasteiger partial charge on any atom is 0.292 e. The van der Waals surface area contributed by atoms with E-state index < -0.39 is 11.8 Å². The lowest BCUT2D eigenvalue weighted by atomic mass is 10.1. The third kappa shape index (κ3) is 4.10. The minimum absolute atomic E-state index is 0.0148. The SMILES string of the molecule is COc1cccc(-n2nnc(C(=O)NNC(=O)c3nn(C(C)C)c(=O)c4ccccc34)c2C)c1. The third-order valence-electron chi connectivity index (χ3n) is 5.23. The van der Waals surface area contributed by atoms with Crippen LogP contribution in [0.4, 0.5) is 0 Å². The van der Waals surface area contributed by atoms with Crippen LogP contribution in [0.3, 0.4) is 0 Å². The molecule has 0 aliphatic heterocycles. The number of hydrogen-bond donors (Lipinski definition) is 2. The molecule has 0 aliphatic rings. The number of fused-ring (bicyclic) bond motifs is 1. The van der Waals surface area contributed by atoms with Crippen molar-refractivity contribution in [3.05, 3.63) is 76.0 Å². The number of amides is 2. The Bertz CT molecular complexity index is 1460. The maximum atomic E-state index is 12.9. The van der Waals surface area contributed by atoms with E-state index in [2.05, 4.69) is 26.3 Å². The van der Waals surface area contributed by atoms with Crippen molar-refractivity contribution in [1.82, 2.24) is 35.6 Å². The Hall–Kier alpha value is -4.54. The summed E-state index contributed by atoms with van der Waals surface area (Å²) in [6.07, 6.45) is 0. The highest BCUT2D eigenvalue weighted by Crippen LogP contribution is 2.18. The van der Waals surface area contributed by atoms with Crippen LogP contribution in [-0.2, 0) is 0 Å². The van der Waals surface area contributed by atoms with Crippen molar-refractivity contribution in [3.63, 3.8) is 0 Å². The zero-order chi connectivity index (χ0) is 24.4. The van der Waals surface area contributed by atoms with E-state index >= 15 is 0 Å². The van der Waals surface area contributed by atoms with Crippen LogP contribution >= 0.6 is 0 Å². The molecule has 34 heavy (non-hydrogen) atoms. The molecule has 0 saturated carbocycles. The van der Waals surface area contributed by atoms with Crippen molar-refractivity contribution in [3.8, 4) is 11.4 Å². The molecule has 0 unspecified atom stereocenters. The van der Waals surface area contributed by atoms with Crippen LogP contribution in [-0.4, -0.2) is 43.7 Å². The van der Waals surface area contributed by atoms with E-state index in [0.29, 0.717) is 27.9 Å². The number of nitrogens with zero attached hydrogens (tertiary/aromatic N) is 5. The Morgan fingerprint density at radius 1 is 0.971 bits per heavy atom. The predicted molar refractivity (Wildman–Crippen MR) is 124 cm³/mol. The molecule has 11 heteroatoms. The highest BCUT2D eigenvalue weighted by Gasteiger charge is 2.21. The second-order valence-corrected chi connectivity index (χ2v) is 7.78. The molecule has 0 aliphatic carbocycles. The van der Waals surface area contributed by atoms with E-state index in [1.165, 1.54) is 9.36 Å². The summed E-state index contributed by atoms with van der Waals surface area (Å²) in [4.78, 5) is 38.3. The predicted octanol–water partition coefficient (Wildman–Crippen LogP) is 1.95. The van der Waals surface area contributed by atoms with Crippen LogP contribution in [0.1, 0.15) is 46.6 Å². The van der Waals surface area contributed by atoms with E-state index in [-0.39, 0.29) is 23.0 Å². The van der Waals surface area contributed by atoms with Gasteiger partial charge in [-0.3, -0.25) is 25.2 Å². The standard InChI is InChI=1S/C23H23N7O4/c1-13(2)29-23(33)18-11-6-5-10-17(18)20(27-29)22(32)26-25-21(31)19-14(3)30(28-24-19)15-8-7-9-16(12-15)34-4/h5-13H,1-4H3,(H,25,31)(H,26,32). The van der Waals surface area contributed by atoms with Crippen molar-refractivity contribution in [2.75, 3.05) is 7.11 Å². The lowest BCUT2D eigenvalue weighted by molar-refractivity contribution is 0.0840. The molecule has 0 spiro atoms. The van der Waals surface area contributed by atoms with Gasteiger partial charge in [0, 0.05) is 11.5 Å². The zero-order valence-electron chi connectivity index (χ0n) is 19.1. The second kappa shape index (κ2) is 9.14. The largest absolute Gasteiger partial charge is 0.497 e. The van der Waals surface area contributed by atoms with Gasteiger partial charge in [-0.15, -0.1) is 5.10 Å². The Kier molecular flexibility index (Phi) is 6.09. The topological polar surface area (TPSA) is 133 Å². The summed E-state index contributed by atoms with van der Waals surface area (Å²) in [5.41, 5.74) is 5.59. The molecular formula is C23H23N7O4. The van der Waals surface area contributed by atoms with Crippen LogP contribution in [0.2, 0.25) is 0 Å². The Morgan fingerprint density at radius 3 is 2.32 bits per heavy atom. The molecule has 0 atom stereocenters. The van der Waals surface area contributed by atoms with Gasteiger partial charge in [-0.25, -0.2) is 9.36 Å². The van der Waals surface area contributed by atoms with Crippen molar-refractivity contribution in [1.29, 1.82) is 0 Å². The second-order valence-electron chi connectivity index (χ2n) is 7.78. The Balaban J connectivity index is 1.57. The lowest BCUT2D eigenvalue weighted by Gasteiger charge is -2.13. The summed E-state index contributed by atoms with van der Waals surface area (Å²) in [5, 5.41) is 13.0. The molecule has 2 N–H and O–H groups in total. The molecule has 0 bridgehead atoms. The molecule has 2 aromatic carbocycles. The van der Waals surface area contributed by atoms with Gasteiger partial charge in [0.05, 0.1) is 29.9 Å². The number of methoxy groups -OCH3 is 1.